The van der Waals surface area contributed by atoms with Gasteiger partial charge in [-0.25, -0.2) is 4.79 Å². The van der Waals surface area contributed by atoms with Crippen LogP contribution in [0.15, 0.2) is 42.7 Å². The van der Waals surface area contributed by atoms with Crippen molar-refractivity contribution in [2.24, 2.45) is 5.41 Å². The number of benzene rings is 1. The number of carbonyl (C=O) groups is 1. The van der Waals surface area contributed by atoms with Gasteiger partial charge in [0, 0.05) is 24.4 Å². The van der Waals surface area contributed by atoms with Gasteiger partial charge in [0.2, 0.25) is 0 Å². The fourth-order valence-corrected chi connectivity index (χ4v) is 4.22. The molecule has 1 N–H and O–H groups in total. The van der Waals surface area contributed by atoms with Gasteiger partial charge in [0.15, 0.2) is 0 Å². The number of nitrogens with zero attached hydrogens (tertiary/aromatic N) is 2. The van der Waals surface area contributed by atoms with Gasteiger partial charge in [-0.3, -0.25) is 4.98 Å². The van der Waals surface area contributed by atoms with Gasteiger partial charge in [0.25, 0.3) is 0 Å². The first-order chi connectivity index (χ1) is 12.5. The monoisotopic (exact) mass is 351 g/mol. The molecule has 0 radical (unpaired) electrons. The molecule has 2 aromatic rings. The summed E-state index contributed by atoms with van der Waals surface area (Å²) in [7, 11) is 0. The van der Waals surface area contributed by atoms with Crippen LogP contribution in [0.25, 0.3) is 0 Å². The quantitative estimate of drug-likeness (QED) is 0.901. The fraction of sp³-hybridized carbons (Fsp3) is 0.429. The number of rotatable bonds is 2. The number of aromatic nitrogens is 1. The van der Waals surface area contributed by atoms with Crippen LogP contribution in [0.4, 0.5) is 4.79 Å². The Morgan fingerprint density at radius 1 is 1.31 bits per heavy atom. The maximum Gasteiger partial charge on any atom is 0.318 e. The Morgan fingerprint density at radius 3 is 2.88 bits per heavy atom. The zero-order chi connectivity index (χ0) is 18.3. The molecule has 0 bridgehead atoms. The first-order valence-corrected chi connectivity index (χ1v) is 9.14. The van der Waals surface area contributed by atoms with Crippen molar-refractivity contribution in [2.45, 2.75) is 39.3 Å². The minimum Gasteiger partial charge on any atom is -0.491 e. The van der Waals surface area contributed by atoms with Crippen molar-refractivity contribution in [1.29, 1.82) is 0 Å². The van der Waals surface area contributed by atoms with Gasteiger partial charge in [-0.15, -0.1) is 0 Å². The molecule has 2 atom stereocenters. The van der Waals surface area contributed by atoms with E-state index < -0.39 is 0 Å². The van der Waals surface area contributed by atoms with Crippen LogP contribution in [0.5, 0.6) is 5.75 Å². The molecule has 4 rings (SSSR count). The number of carbonyl (C=O) groups excluding carboxylic acids is 1. The van der Waals surface area contributed by atoms with Crippen molar-refractivity contribution in [3.8, 4) is 5.75 Å². The minimum absolute atomic E-state index is 0.00457. The molecule has 1 saturated heterocycles. The van der Waals surface area contributed by atoms with E-state index in [0.717, 1.165) is 35.4 Å². The average molecular weight is 351 g/mol. The van der Waals surface area contributed by atoms with Gasteiger partial charge >= 0.3 is 6.03 Å². The third kappa shape index (κ3) is 2.91. The molecule has 2 aliphatic rings. The summed E-state index contributed by atoms with van der Waals surface area (Å²) < 4.78 is 5.91. The molecule has 2 amide bonds. The van der Waals surface area contributed by atoms with Gasteiger partial charge in [-0.2, -0.15) is 0 Å². The van der Waals surface area contributed by atoms with Crippen LogP contribution in [0.2, 0.25) is 0 Å². The van der Waals surface area contributed by atoms with E-state index in [0.29, 0.717) is 6.61 Å². The van der Waals surface area contributed by atoms with E-state index in [1.54, 1.807) is 6.20 Å². The lowest BCUT2D eigenvalue weighted by atomic mass is 9.72. The van der Waals surface area contributed by atoms with Crippen molar-refractivity contribution >= 4 is 6.03 Å². The zero-order valence-electron chi connectivity index (χ0n) is 15.5. The maximum atomic E-state index is 12.9. The second kappa shape index (κ2) is 6.31. The van der Waals surface area contributed by atoms with Crippen LogP contribution in [0, 0.1) is 12.3 Å². The van der Waals surface area contributed by atoms with Gasteiger partial charge < -0.3 is 15.0 Å². The van der Waals surface area contributed by atoms with Crippen molar-refractivity contribution in [3.63, 3.8) is 0 Å². The Hall–Kier alpha value is -2.56. The Morgan fingerprint density at radius 2 is 2.15 bits per heavy atom. The van der Waals surface area contributed by atoms with Crippen LogP contribution in [0.3, 0.4) is 0 Å². The van der Waals surface area contributed by atoms with Crippen LogP contribution in [0.1, 0.15) is 36.6 Å². The molecule has 5 nitrogen and oxygen atoms in total. The second-order valence-electron chi connectivity index (χ2n) is 8.03. The van der Waals surface area contributed by atoms with Crippen LogP contribution in [-0.4, -0.2) is 35.1 Å². The van der Waals surface area contributed by atoms with E-state index in [-0.39, 0.29) is 23.5 Å². The maximum absolute atomic E-state index is 12.9. The number of hydrogen-bond donors (Lipinski definition) is 1. The molecule has 0 saturated carbocycles. The summed E-state index contributed by atoms with van der Waals surface area (Å²) in [4.78, 5) is 19.0. The molecule has 3 heterocycles. The number of hydrogen-bond acceptors (Lipinski definition) is 3. The molecule has 2 unspecified atom stereocenters. The van der Waals surface area contributed by atoms with E-state index in [1.165, 1.54) is 0 Å². The number of fused-ring (bicyclic) bond motifs is 1. The summed E-state index contributed by atoms with van der Waals surface area (Å²) in [6.45, 7) is 7.69. The van der Waals surface area contributed by atoms with E-state index in [1.807, 2.05) is 29.3 Å². The number of para-hydroxylation sites is 1. The topological polar surface area (TPSA) is 54.5 Å². The van der Waals surface area contributed by atoms with E-state index >= 15 is 0 Å². The third-order valence-electron chi connectivity index (χ3n) is 5.41. The normalized spacial score (nSPS) is 23.4. The van der Waals surface area contributed by atoms with Crippen molar-refractivity contribution in [1.82, 2.24) is 15.2 Å². The number of amides is 2. The first-order valence-electron chi connectivity index (χ1n) is 9.14. The smallest absolute Gasteiger partial charge is 0.318 e. The van der Waals surface area contributed by atoms with Crippen molar-refractivity contribution in [2.75, 3.05) is 13.2 Å². The first kappa shape index (κ1) is 16.9. The lowest BCUT2D eigenvalue weighted by molar-refractivity contribution is -0.0181. The lowest BCUT2D eigenvalue weighted by Crippen LogP contribution is -2.62. The highest BCUT2D eigenvalue weighted by atomic mass is 16.5. The predicted octanol–water partition coefficient (Wildman–Crippen LogP) is 3.49. The Kier molecular flexibility index (Phi) is 4.10. The Bertz CT molecular complexity index is 819. The molecule has 1 aromatic carbocycles. The molecule has 0 aliphatic carbocycles. The highest BCUT2D eigenvalue weighted by molar-refractivity contribution is 5.76. The van der Waals surface area contributed by atoms with Gasteiger partial charge in [0.1, 0.15) is 12.4 Å². The minimum atomic E-state index is -0.0251. The highest BCUT2D eigenvalue weighted by Crippen LogP contribution is 2.48. The predicted molar refractivity (Wildman–Crippen MR) is 100 cm³/mol. The summed E-state index contributed by atoms with van der Waals surface area (Å²) >= 11 is 0. The molecule has 0 spiro atoms. The average Bonchev–Trinajstić information content (AvgIpc) is 2.61. The number of urea groups is 1. The third-order valence-corrected chi connectivity index (χ3v) is 5.41. The number of pyridine rings is 1. The number of ether oxygens (including phenoxy) is 1. The Balaban J connectivity index is 1.46. The SMILES string of the molecule is Cc1cccc2c1OCC(NC(=O)N1CC(C)(C)C1c1cccnc1)C2. The number of likely N-dealkylation sites (tertiary alicyclic amines) is 1. The number of aryl methyl sites for hydroxylation is 1. The summed E-state index contributed by atoms with van der Waals surface area (Å²) in [5, 5.41) is 3.16. The van der Waals surface area contributed by atoms with Gasteiger partial charge in [-0.1, -0.05) is 38.1 Å². The van der Waals surface area contributed by atoms with E-state index in [2.05, 4.69) is 43.2 Å². The second-order valence-corrected chi connectivity index (χ2v) is 8.03. The van der Waals surface area contributed by atoms with Crippen LogP contribution >= 0.6 is 0 Å². The molecule has 1 aromatic heterocycles. The summed E-state index contributed by atoms with van der Waals surface area (Å²) in [5.74, 6) is 0.969. The summed E-state index contributed by atoms with van der Waals surface area (Å²) in [6, 6.07) is 10.2. The van der Waals surface area contributed by atoms with E-state index in [4.69, 9.17) is 4.74 Å². The summed E-state index contributed by atoms with van der Waals surface area (Å²) in [5.41, 5.74) is 3.44. The Labute approximate surface area is 154 Å². The molecule has 5 heteroatoms. The molecule has 136 valence electrons. The van der Waals surface area contributed by atoms with E-state index in [9.17, 15) is 4.79 Å². The molecular weight excluding hydrogens is 326 g/mol. The standard InChI is InChI=1S/C21H25N3O2/c1-14-6-4-7-15-10-17(12-26-18(14)15)23-20(25)24-13-21(2,3)19(24)16-8-5-9-22-11-16/h4-9,11,17,19H,10,12-13H2,1-3H3,(H,23,25). The fourth-order valence-electron chi connectivity index (χ4n) is 4.22. The molecule has 2 aliphatic heterocycles. The van der Waals surface area contributed by atoms with Gasteiger partial charge in [-0.05, 0) is 36.1 Å². The summed E-state index contributed by atoms with van der Waals surface area (Å²) in [6.07, 6.45) is 4.42. The van der Waals surface area contributed by atoms with Gasteiger partial charge in [0.05, 0.1) is 12.1 Å². The van der Waals surface area contributed by atoms with Crippen molar-refractivity contribution in [3.05, 3.63) is 59.4 Å². The van der Waals surface area contributed by atoms with Crippen LogP contribution < -0.4 is 10.1 Å². The largest absolute Gasteiger partial charge is 0.491 e. The highest BCUT2D eigenvalue weighted by Gasteiger charge is 2.49. The lowest BCUT2D eigenvalue weighted by Gasteiger charge is -2.54. The van der Waals surface area contributed by atoms with Crippen molar-refractivity contribution < 1.29 is 9.53 Å². The molecular formula is C21H25N3O2. The number of nitrogens with one attached hydrogen (secondary N) is 1. The molecule has 1 fully saturated rings. The molecule has 26 heavy (non-hydrogen) atoms. The zero-order valence-corrected chi connectivity index (χ0v) is 15.5. The van der Waals surface area contributed by atoms with Crippen LogP contribution in [-0.2, 0) is 6.42 Å².